The quantitative estimate of drug-likeness (QED) is 0.0342. The molecule has 9 N–H and O–H groups in total. The molecule has 23 nitrogen and oxygen atoms in total. The first-order chi connectivity index (χ1) is 32.4. The third-order valence-corrected chi connectivity index (χ3v) is 11.5. The molecule has 380 valence electrons. The van der Waals surface area contributed by atoms with Gasteiger partial charge in [0.15, 0.2) is 11.9 Å². The smallest absolute Gasteiger partial charge is 0.434 e. The van der Waals surface area contributed by atoms with Gasteiger partial charge in [-0.05, 0) is 55.0 Å². The van der Waals surface area contributed by atoms with Crippen LogP contribution in [0.1, 0.15) is 49.7 Å². The Labute approximate surface area is 395 Å². The monoisotopic (exact) mass is 963 g/mol. The third kappa shape index (κ3) is 16.9. The van der Waals surface area contributed by atoms with Crippen molar-refractivity contribution >= 4 is 36.1 Å². The Bertz CT molecular complexity index is 1900. The number of aliphatic hydroxyl groups is 7. The number of amidine groups is 1. The fourth-order valence-corrected chi connectivity index (χ4v) is 7.51. The molecule has 1 heterocycles. The van der Waals surface area contributed by atoms with Crippen molar-refractivity contribution in [2.75, 3.05) is 93.9 Å². The van der Waals surface area contributed by atoms with Crippen LogP contribution in [0.25, 0.3) is 11.1 Å². The highest BCUT2D eigenvalue weighted by Crippen LogP contribution is 2.44. The number of nitrogens with one attached hydrogen (secondary N) is 1. The van der Waals surface area contributed by atoms with Crippen LogP contribution < -0.4 is 5.32 Å². The van der Waals surface area contributed by atoms with Crippen molar-refractivity contribution in [1.29, 1.82) is 0 Å². The Kier molecular flexibility index (Phi) is 24.0. The molecule has 0 aromatic heterocycles. The van der Waals surface area contributed by atoms with Gasteiger partial charge < -0.3 is 70.1 Å². The van der Waals surface area contributed by atoms with Gasteiger partial charge in [0.05, 0.1) is 32.0 Å². The van der Waals surface area contributed by atoms with Crippen molar-refractivity contribution in [3.8, 4) is 11.1 Å². The molecule has 7 atom stereocenters. The first kappa shape index (κ1) is 56.8. The van der Waals surface area contributed by atoms with Gasteiger partial charge in [-0.1, -0.05) is 53.7 Å². The zero-order chi connectivity index (χ0) is 50.5. The number of amides is 4. The number of nitrogens with zero attached hydrogens (tertiary/aromatic N) is 6. The van der Waals surface area contributed by atoms with Gasteiger partial charge >= 0.3 is 12.1 Å². The van der Waals surface area contributed by atoms with E-state index in [1.807, 2.05) is 48.5 Å². The summed E-state index contributed by atoms with van der Waals surface area (Å²) >= 11 is 0. The Morgan fingerprint density at radius 2 is 1.60 bits per heavy atom. The summed E-state index contributed by atoms with van der Waals surface area (Å²) in [5.74, 6) is -1.97. The van der Waals surface area contributed by atoms with E-state index in [4.69, 9.17) is 9.57 Å². The second kappa shape index (κ2) is 28.7. The van der Waals surface area contributed by atoms with Gasteiger partial charge in [0.2, 0.25) is 18.2 Å². The number of carbonyl (C=O) groups is 5. The zero-order valence-electron chi connectivity index (χ0n) is 39.2. The Balaban J connectivity index is 0.00000123. The Morgan fingerprint density at radius 1 is 0.985 bits per heavy atom. The molecule has 0 saturated carbocycles. The van der Waals surface area contributed by atoms with Crippen molar-refractivity contribution in [1.82, 2.24) is 30.0 Å². The fraction of sp³-hybridized carbons (Fsp3) is 0.600. The van der Waals surface area contributed by atoms with E-state index in [0.29, 0.717) is 13.0 Å². The van der Waals surface area contributed by atoms with Crippen LogP contribution in [0.5, 0.6) is 0 Å². The summed E-state index contributed by atoms with van der Waals surface area (Å²) in [6, 6.07) is 14.4. The molecule has 2 aromatic rings. The van der Waals surface area contributed by atoms with Gasteiger partial charge in [-0.2, -0.15) is 5.06 Å². The minimum Gasteiger partial charge on any atom is -0.468 e. The molecule has 1 aliphatic heterocycles. The number of oxime groups is 1. The molecule has 2 aromatic carbocycles. The maximum Gasteiger partial charge on any atom is 0.434 e. The van der Waals surface area contributed by atoms with Crippen LogP contribution >= 0.6 is 0 Å². The van der Waals surface area contributed by atoms with Gasteiger partial charge in [-0.3, -0.25) is 29.3 Å². The second-order valence-corrected chi connectivity index (χ2v) is 16.6. The van der Waals surface area contributed by atoms with Gasteiger partial charge in [0, 0.05) is 66.3 Å². The molecule has 0 radical (unpaired) electrons. The number of ether oxygens (including phenoxy) is 2. The van der Waals surface area contributed by atoms with Gasteiger partial charge in [0.1, 0.15) is 37.9 Å². The first-order valence-electron chi connectivity index (χ1n) is 22.3. The SMILES string of the molecule is CCN(C)C(=O)C1CCCN(CC(O)C(O)C(O)CCO)CC(O)C(C(O)CCO)ON=C(CN(O)C(=O)OCC2c3ccccc3-c3ccccc32)N(C)CC(=O)N1.COC(=O)CN(C)C=O. The lowest BCUT2D eigenvalue weighted by Gasteiger charge is -2.33. The van der Waals surface area contributed by atoms with E-state index >= 15 is 0 Å². The van der Waals surface area contributed by atoms with E-state index in [9.17, 15) is 64.9 Å². The number of aliphatic hydroxyl groups excluding tert-OH is 7. The van der Waals surface area contributed by atoms with Crippen LogP contribution in [0.4, 0.5) is 4.79 Å². The molecule has 0 fully saturated rings. The number of hydroxylamine groups is 2. The van der Waals surface area contributed by atoms with E-state index in [1.165, 1.54) is 40.8 Å². The number of rotatable bonds is 18. The minimum atomic E-state index is -1.67. The van der Waals surface area contributed by atoms with Crippen molar-refractivity contribution in [3.05, 3.63) is 59.7 Å². The molecule has 4 amide bonds. The number of hydrogen-bond donors (Lipinski definition) is 9. The number of esters is 1. The standard InChI is InChI=1S/C40H60N6O13.C5H9NO3/c1-4-43(2)39(55)30-14-9-17-45(20-33(51)37(54)31(49)15-18-47)21-34(52)38(32(50)16-19-48)59-42-35(44(3)23-36(53)41-30)22-46(57)40(56)58-24-29-27-12-7-5-10-25(27)26-11-6-8-13-28(26)29;1-6(4-7)3-5(8)9-2/h5-8,10-13,29-34,37-38,47-52,54,57H,4,9,14-24H2,1-3H3,(H,41,53);4H,3H2,1-2H3. The van der Waals surface area contributed by atoms with Crippen LogP contribution in [-0.4, -0.2) is 238 Å². The Morgan fingerprint density at radius 3 is 2.18 bits per heavy atom. The number of benzene rings is 2. The highest BCUT2D eigenvalue weighted by atomic mass is 16.7. The summed E-state index contributed by atoms with van der Waals surface area (Å²) in [5.41, 5.74) is 3.91. The average molecular weight is 964 g/mol. The number of likely N-dealkylation sites (N-methyl/N-ethyl adjacent to an activating group) is 3. The van der Waals surface area contributed by atoms with Crippen LogP contribution in [-0.2, 0) is 33.5 Å². The topological polar surface area (TPSA) is 315 Å². The molecule has 2 aliphatic rings. The average Bonchev–Trinajstić information content (AvgIpc) is 3.64. The zero-order valence-corrected chi connectivity index (χ0v) is 39.2. The minimum absolute atomic E-state index is 0.0139. The maximum absolute atomic E-state index is 13.5. The predicted molar refractivity (Wildman–Crippen MR) is 244 cm³/mol. The molecular weight excluding hydrogens is 895 g/mol. The fourth-order valence-electron chi connectivity index (χ4n) is 7.51. The van der Waals surface area contributed by atoms with Gasteiger partial charge in [-0.25, -0.2) is 4.79 Å². The number of carbonyl (C=O) groups excluding carboxylic acids is 5. The summed E-state index contributed by atoms with van der Waals surface area (Å²) in [7, 11) is 5.77. The van der Waals surface area contributed by atoms with Crippen LogP contribution in [0.2, 0.25) is 0 Å². The Hall–Kier alpha value is -5.50. The number of methoxy groups -OCH3 is 1. The van der Waals surface area contributed by atoms with E-state index in [0.717, 1.165) is 22.3 Å². The van der Waals surface area contributed by atoms with Crippen LogP contribution in [0, 0.1) is 0 Å². The summed E-state index contributed by atoms with van der Waals surface area (Å²) < 4.78 is 9.86. The second-order valence-electron chi connectivity index (χ2n) is 16.6. The lowest BCUT2D eigenvalue weighted by molar-refractivity contribution is -0.143. The van der Waals surface area contributed by atoms with Crippen molar-refractivity contribution in [2.45, 2.75) is 81.2 Å². The molecule has 4 rings (SSSR count). The number of fused-ring (bicyclic) bond motifs is 3. The van der Waals surface area contributed by atoms with Crippen molar-refractivity contribution in [2.24, 2.45) is 5.16 Å². The largest absolute Gasteiger partial charge is 0.468 e. The molecule has 0 spiro atoms. The first-order valence-corrected chi connectivity index (χ1v) is 22.3. The lowest BCUT2D eigenvalue weighted by atomic mass is 9.98. The van der Waals surface area contributed by atoms with Crippen molar-refractivity contribution in [3.63, 3.8) is 0 Å². The molecule has 68 heavy (non-hydrogen) atoms. The van der Waals surface area contributed by atoms with Crippen LogP contribution in [0.3, 0.4) is 0 Å². The van der Waals surface area contributed by atoms with E-state index < -0.39 is 86.9 Å². The van der Waals surface area contributed by atoms with E-state index in [2.05, 4.69) is 15.2 Å². The lowest BCUT2D eigenvalue weighted by Crippen LogP contribution is -2.51. The maximum atomic E-state index is 13.5. The predicted octanol–water partition coefficient (Wildman–Crippen LogP) is -1.87. The third-order valence-electron chi connectivity index (χ3n) is 11.5. The summed E-state index contributed by atoms with van der Waals surface area (Å²) in [5, 5.41) is 90.9. The molecule has 1 aliphatic carbocycles. The molecular formula is C45H69N7O16. The number of hydrogen-bond acceptors (Lipinski definition) is 19. The summed E-state index contributed by atoms with van der Waals surface area (Å²) in [6.45, 7) is -0.637. The van der Waals surface area contributed by atoms with Gasteiger partial charge in [-0.15, -0.1) is 0 Å². The normalized spacial score (nSPS) is 19.8. The van der Waals surface area contributed by atoms with Gasteiger partial charge in [0.25, 0.3) is 0 Å². The highest BCUT2D eigenvalue weighted by molar-refractivity contribution is 5.92. The van der Waals surface area contributed by atoms with Crippen molar-refractivity contribution < 1.29 is 79.2 Å². The molecule has 0 saturated heterocycles. The van der Waals surface area contributed by atoms with E-state index in [1.54, 1.807) is 14.0 Å². The summed E-state index contributed by atoms with van der Waals surface area (Å²) in [6.07, 6.45) is -10.1. The molecule has 0 bridgehead atoms. The highest BCUT2D eigenvalue weighted by Gasteiger charge is 2.35. The van der Waals surface area contributed by atoms with E-state index in [-0.39, 0.29) is 81.2 Å². The molecule has 23 heteroatoms. The molecule has 7 unspecified atom stereocenters. The number of β-amino-alcohol motifs (C(OH)–C–C–N with tert-alkyl or cyclic N) is 2. The van der Waals surface area contributed by atoms with Crippen LogP contribution in [0.15, 0.2) is 53.7 Å². The summed E-state index contributed by atoms with van der Waals surface area (Å²) in [4.78, 5) is 71.4.